The fourth-order valence-electron chi connectivity index (χ4n) is 1.67. The van der Waals surface area contributed by atoms with Crippen molar-refractivity contribution in [3.8, 4) is 0 Å². The molecule has 2 aromatic carbocycles. The van der Waals surface area contributed by atoms with Gasteiger partial charge in [0.1, 0.15) is 0 Å². The summed E-state index contributed by atoms with van der Waals surface area (Å²) in [6, 6.07) is 12.9. The zero-order chi connectivity index (χ0) is 14.5. The SMILES string of the molecule is O=C(NF)N(C(=O)c1ccccc1)c1ccc(Cl)cc1. The quantitative estimate of drug-likeness (QED) is 0.860. The molecule has 0 fully saturated rings. The van der Waals surface area contributed by atoms with Gasteiger partial charge in [0.25, 0.3) is 5.91 Å². The van der Waals surface area contributed by atoms with Crippen LogP contribution in [0.1, 0.15) is 10.4 Å². The number of halogens is 2. The van der Waals surface area contributed by atoms with Crippen LogP contribution >= 0.6 is 11.6 Å². The lowest BCUT2D eigenvalue weighted by molar-refractivity contribution is 0.0990. The third-order valence-electron chi connectivity index (χ3n) is 2.59. The van der Waals surface area contributed by atoms with Crippen molar-refractivity contribution >= 4 is 29.2 Å². The van der Waals surface area contributed by atoms with Gasteiger partial charge in [0.15, 0.2) is 0 Å². The van der Waals surface area contributed by atoms with E-state index in [9.17, 15) is 14.1 Å². The number of carbonyl (C=O) groups excluding carboxylic acids is 2. The number of imide groups is 1. The number of benzene rings is 2. The summed E-state index contributed by atoms with van der Waals surface area (Å²) in [6.07, 6.45) is 0. The number of anilines is 1. The Hall–Kier alpha value is -2.40. The number of rotatable bonds is 2. The number of nitrogens with one attached hydrogen (secondary N) is 1. The summed E-state index contributed by atoms with van der Waals surface area (Å²) in [5.41, 5.74) is 1.45. The number of carbonyl (C=O) groups is 2. The first-order valence-electron chi connectivity index (χ1n) is 5.69. The molecule has 6 heteroatoms. The van der Waals surface area contributed by atoms with E-state index in [2.05, 4.69) is 0 Å². The minimum absolute atomic E-state index is 0.221. The van der Waals surface area contributed by atoms with Crippen molar-refractivity contribution in [1.29, 1.82) is 0 Å². The maximum Gasteiger partial charge on any atom is 0.357 e. The normalized spacial score (nSPS) is 9.90. The predicted molar refractivity (Wildman–Crippen MR) is 74.3 cm³/mol. The van der Waals surface area contributed by atoms with Gasteiger partial charge >= 0.3 is 6.03 Å². The van der Waals surface area contributed by atoms with Crippen LogP contribution in [0, 0.1) is 0 Å². The second kappa shape index (κ2) is 6.16. The molecule has 2 aromatic rings. The molecular formula is C14H10ClFN2O2. The fraction of sp³-hybridized carbons (Fsp3) is 0. The van der Waals surface area contributed by atoms with Crippen LogP contribution in [0.25, 0.3) is 0 Å². The van der Waals surface area contributed by atoms with Crippen molar-refractivity contribution in [3.05, 3.63) is 65.2 Å². The molecule has 0 saturated carbocycles. The molecule has 0 aliphatic rings. The summed E-state index contributed by atoms with van der Waals surface area (Å²) in [4.78, 5) is 24.6. The molecule has 102 valence electrons. The molecule has 3 amide bonds. The molecule has 0 aliphatic heterocycles. The van der Waals surface area contributed by atoms with Gasteiger partial charge in [-0.05, 0) is 36.4 Å². The summed E-state index contributed by atoms with van der Waals surface area (Å²) < 4.78 is 12.5. The Labute approximate surface area is 119 Å². The van der Waals surface area contributed by atoms with E-state index in [-0.39, 0.29) is 11.3 Å². The average Bonchev–Trinajstić information content (AvgIpc) is 2.50. The van der Waals surface area contributed by atoms with E-state index in [4.69, 9.17) is 11.6 Å². The molecule has 0 unspecified atom stereocenters. The second-order valence-corrected chi connectivity index (χ2v) is 4.32. The second-order valence-electron chi connectivity index (χ2n) is 3.88. The monoisotopic (exact) mass is 292 g/mol. The van der Waals surface area contributed by atoms with Gasteiger partial charge < -0.3 is 0 Å². The van der Waals surface area contributed by atoms with Crippen LogP contribution in [0.3, 0.4) is 0 Å². The highest BCUT2D eigenvalue weighted by Gasteiger charge is 2.24. The predicted octanol–water partition coefficient (Wildman–Crippen LogP) is 3.58. The minimum Gasteiger partial charge on any atom is -0.268 e. The van der Waals surface area contributed by atoms with Crippen LogP contribution in [0.2, 0.25) is 5.02 Å². The maximum atomic E-state index is 12.5. The Balaban J connectivity index is 2.40. The summed E-state index contributed by atoms with van der Waals surface area (Å²) in [5, 5.41) is 0.446. The Morgan fingerprint density at radius 3 is 2.15 bits per heavy atom. The lowest BCUT2D eigenvalue weighted by Crippen LogP contribution is -2.41. The number of nitrogens with zero attached hydrogens (tertiary/aromatic N) is 1. The first-order chi connectivity index (χ1) is 9.63. The lowest BCUT2D eigenvalue weighted by atomic mass is 10.2. The minimum atomic E-state index is -1.17. The topological polar surface area (TPSA) is 49.4 Å². The van der Waals surface area contributed by atoms with Crippen LogP contribution in [-0.2, 0) is 0 Å². The summed E-state index contributed by atoms with van der Waals surface area (Å²) >= 11 is 5.75. The molecular weight excluding hydrogens is 283 g/mol. The van der Waals surface area contributed by atoms with Crippen LogP contribution in [0.5, 0.6) is 0 Å². The Morgan fingerprint density at radius 1 is 1.00 bits per heavy atom. The van der Waals surface area contributed by atoms with Gasteiger partial charge in [-0.3, -0.25) is 4.79 Å². The van der Waals surface area contributed by atoms with E-state index >= 15 is 0 Å². The molecule has 4 nitrogen and oxygen atoms in total. The number of hydrogen-bond acceptors (Lipinski definition) is 2. The molecule has 0 radical (unpaired) electrons. The van der Waals surface area contributed by atoms with Gasteiger partial charge in [-0.2, -0.15) is 5.54 Å². The molecule has 0 atom stereocenters. The van der Waals surface area contributed by atoms with Gasteiger partial charge in [-0.15, -0.1) is 0 Å². The van der Waals surface area contributed by atoms with Crippen LogP contribution in [-0.4, -0.2) is 11.9 Å². The van der Waals surface area contributed by atoms with Crippen molar-refractivity contribution in [2.24, 2.45) is 0 Å². The third-order valence-corrected chi connectivity index (χ3v) is 2.84. The highest BCUT2D eigenvalue weighted by molar-refractivity contribution is 6.30. The first kappa shape index (κ1) is 14.0. The standard InChI is InChI=1S/C14H10ClFN2O2/c15-11-6-8-12(9-7-11)18(14(20)17-16)13(19)10-4-2-1-3-5-10/h1-9H,(H,17,20). The molecule has 0 bridgehead atoms. The van der Waals surface area contributed by atoms with Crippen molar-refractivity contribution in [2.75, 3.05) is 4.90 Å². The zero-order valence-corrected chi connectivity index (χ0v) is 11.0. The smallest absolute Gasteiger partial charge is 0.268 e. The van der Waals surface area contributed by atoms with E-state index in [1.165, 1.54) is 36.4 Å². The Kier molecular flexibility index (Phi) is 4.32. The van der Waals surface area contributed by atoms with E-state index in [1.54, 1.807) is 18.2 Å². The van der Waals surface area contributed by atoms with Crippen molar-refractivity contribution in [1.82, 2.24) is 5.54 Å². The number of urea groups is 1. The summed E-state index contributed by atoms with van der Waals surface area (Å²) in [5.74, 6) is -0.636. The fourth-order valence-corrected chi connectivity index (χ4v) is 1.79. The van der Waals surface area contributed by atoms with Crippen LogP contribution in [0.15, 0.2) is 54.6 Å². The average molecular weight is 293 g/mol. The van der Waals surface area contributed by atoms with Gasteiger partial charge in [0, 0.05) is 10.6 Å². The molecule has 0 aromatic heterocycles. The van der Waals surface area contributed by atoms with Crippen molar-refractivity contribution in [3.63, 3.8) is 0 Å². The third kappa shape index (κ3) is 2.95. The Bertz CT molecular complexity index is 617. The molecule has 0 saturated heterocycles. The molecule has 0 aliphatic carbocycles. The molecule has 0 spiro atoms. The number of amides is 3. The van der Waals surface area contributed by atoms with E-state index in [0.717, 1.165) is 5.54 Å². The number of hydrogen-bond donors (Lipinski definition) is 1. The van der Waals surface area contributed by atoms with E-state index < -0.39 is 11.9 Å². The van der Waals surface area contributed by atoms with Gasteiger partial charge in [0.2, 0.25) is 0 Å². The summed E-state index contributed by atoms with van der Waals surface area (Å²) in [6.45, 7) is 0. The van der Waals surface area contributed by atoms with Crippen molar-refractivity contribution in [2.45, 2.75) is 0 Å². The first-order valence-corrected chi connectivity index (χ1v) is 6.07. The zero-order valence-electron chi connectivity index (χ0n) is 10.2. The Morgan fingerprint density at radius 2 is 1.60 bits per heavy atom. The summed E-state index contributed by atoms with van der Waals surface area (Å²) in [7, 11) is 0. The lowest BCUT2D eigenvalue weighted by Gasteiger charge is -2.19. The maximum absolute atomic E-state index is 12.5. The molecule has 2 rings (SSSR count). The molecule has 1 N–H and O–H groups in total. The molecule has 0 heterocycles. The van der Waals surface area contributed by atoms with Crippen LogP contribution < -0.4 is 10.4 Å². The van der Waals surface area contributed by atoms with E-state index in [0.29, 0.717) is 9.92 Å². The van der Waals surface area contributed by atoms with Gasteiger partial charge in [0.05, 0.1) is 5.69 Å². The largest absolute Gasteiger partial charge is 0.357 e. The highest BCUT2D eigenvalue weighted by atomic mass is 35.5. The van der Waals surface area contributed by atoms with Gasteiger partial charge in [-0.25, -0.2) is 9.69 Å². The van der Waals surface area contributed by atoms with Crippen LogP contribution in [0.4, 0.5) is 15.0 Å². The van der Waals surface area contributed by atoms with Crippen molar-refractivity contribution < 1.29 is 14.1 Å². The highest BCUT2D eigenvalue weighted by Crippen LogP contribution is 2.20. The molecule has 20 heavy (non-hydrogen) atoms. The van der Waals surface area contributed by atoms with Gasteiger partial charge in [-0.1, -0.05) is 34.3 Å². The van der Waals surface area contributed by atoms with E-state index in [1.807, 2.05) is 0 Å².